The van der Waals surface area contributed by atoms with Gasteiger partial charge in [-0.25, -0.2) is 4.79 Å². The number of carbonyl (C=O) groups is 2. The third kappa shape index (κ3) is 8.17. The highest BCUT2D eigenvalue weighted by atomic mass is 16.7. The van der Waals surface area contributed by atoms with Crippen LogP contribution in [0.2, 0.25) is 0 Å². The van der Waals surface area contributed by atoms with Gasteiger partial charge in [0.1, 0.15) is 6.61 Å². The average Bonchev–Trinajstić information content (AvgIpc) is 2.34. The Morgan fingerprint density at radius 2 is 1.89 bits per heavy atom. The summed E-state index contributed by atoms with van der Waals surface area (Å²) < 4.78 is 15.3. The van der Waals surface area contributed by atoms with Crippen molar-refractivity contribution in [2.75, 3.05) is 19.8 Å². The predicted molar refractivity (Wildman–Crippen MR) is 67.8 cm³/mol. The van der Waals surface area contributed by atoms with Gasteiger partial charge in [-0.15, -0.1) is 0 Å². The molecule has 0 aliphatic rings. The minimum Gasteiger partial charge on any atom is -0.481 e. The summed E-state index contributed by atoms with van der Waals surface area (Å²) in [6.45, 7) is 7.62. The third-order valence-corrected chi connectivity index (χ3v) is 2.02. The number of nitrogens with one attached hydrogen (secondary N) is 1. The van der Waals surface area contributed by atoms with E-state index in [1.165, 1.54) is 6.08 Å². The first kappa shape index (κ1) is 17.4. The van der Waals surface area contributed by atoms with Crippen LogP contribution in [0.5, 0.6) is 0 Å². The molecule has 1 amide bonds. The second kappa shape index (κ2) is 10.3. The van der Waals surface area contributed by atoms with Gasteiger partial charge in [0.2, 0.25) is 0 Å². The van der Waals surface area contributed by atoms with Gasteiger partial charge >= 0.3 is 12.1 Å². The van der Waals surface area contributed by atoms with Crippen LogP contribution in [-0.2, 0) is 19.0 Å². The Hall–Kier alpha value is -1.60. The molecule has 0 aromatic carbocycles. The molecule has 0 aromatic rings. The summed E-state index contributed by atoms with van der Waals surface area (Å²) in [5, 5.41) is 11.3. The summed E-state index contributed by atoms with van der Waals surface area (Å²) in [6, 6.07) is -0.824. The molecule has 0 aliphatic heterocycles. The largest absolute Gasteiger partial charge is 0.481 e. The summed E-state index contributed by atoms with van der Waals surface area (Å²) in [4.78, 5) is 22.2. The van der Waals surface area contributed by atoms with Gasteiger partial charge in [0.05, 0.1) is 12.5 Å². The zero-order valence-corrected chi connectivity index (χ0v) is 11.3. The van der Waals surface area contributed by atoms with Crippen LogP contribution in [0.4, 0.5) is 4.79 Å². The molecule has 0 aliphatic carbocycles. The second-order valence-corrected chi connectivity index (χ2v) is 3.51. The normalized spacial score (nSPS) is 11.9. The fourth-order valence-electron chi connectivity index (χ4n) is 1.34. The van der Waals surface area contributed by atoms with Crippen LogP contribution in [0.15, 0.2) is 12.7 Å². The third-order valence-electron chi connectivity index (χ3n) is 2.02. The van der Waals surface area contributed by atoms with E-state index in [9.17, 15) is 9.59 Å². The van der Waals surface area contributed by atoms with Gasteiger partial charge in [-0.1, -0.05) is 12.7 Å². The summed E-state index contributed by atoms with van der Waals surface area (Å²) in [7, 11) is 0. The molecule has 0 heterocycles. The zero-order chi connectivity index (χ0) is 14.7. The van der Waals surface area contributed by atoms with Crippen molar-refractivity contribution in [2.24, 2.45) is 0 Å². The highest BCUT2D eigenvalue weighted by Gasteiger charge is 2.27. The molecule has 1 unspecified atom stereocenters. The lowest BCUT2D eigenvalue weighted by Crippen LogP contribution is -2.47. The highest BCUT2D eigenvalue weighted by Crippen LogP contribution is 2.07. The molecule has 0 saturated heterocycles. The lowest BCUT2D eigenvalue weighted by atomic mass is 10.2. The number of hydrogen-bond donors (Lipinski definition) is 2. The van der Waals surface area contributed by atoms with E-state index in [0.29, 0.717) is 13.2 Å². The molecular formula is C12H21NO6. The quantitative estimate of drug-likeness (QED) is 0.458. The van der Waals surface area contributed by atoms with Crippen molar-refractivity contribution in [1.29, 1.82) is 0 Å². The number of hydrogen-bond acceptors (Lipinski definition) is 5. The Bertz CT molecular complexity index is 288. The molecule has 0 aromatic heterocycles. The monoisotopic (exact) mass is 275 g/mol. The van der Waals surface area contributed by atoms with Crippen LogP contribution in [-0.4, -0.2) is 49.3 Å². The van der Waals surface area contributed by atoms with Crippen molar-refractivity contribution in [2.45, 2.75) is 32.6 Å². The number of carboxylic acid groups (broad SMARTS) is 1. The standard InChI is InChI=1S/C12H21NO6/c1-4-7-19-12(16)13-9(8-10(14)15)11(17-5-2)18-6-3/h4,9,11H,1,5-8H2,2-3H3,(H,13,16)(H,14,15). The molecule has 19 heavy (non-hydrogen) atoms. The molecule has 110 valence electrons. The Labute approximate surface area is 112 Å². The topological polar surface area (TPSA) is 94.1 Å². The lowest BCUT2D eigenvalue weighted by molar-refractivity contribution is -0.162. The highest BCUT2D eigenvalue weighted by molar-refractivity contribution is 5.71. The molecule has 0 rings (SSSR count). The molecule has 0 fully saturated rings. The van der Waals surface area contributed by atoms with Gasteiger partial charge in [-0.3, -0.25) is 4.79 Å². The molecule has 1 atom stereocenters. The van der Waals surface area contributed by atoms with Crippen LogP contribution in [0, 0.1) is 0 Å². The van der Waals surface area contributed by atoms with E-state index in [-0.39, 0.29) is 13.0 Å². The van der Waals surface area contributed by atoms with Crippen molar-refractivity contribution >= 4 is 12.1 Å². The van der Waals surface area contributed by atoms with Crippen LogP contribution < -0.4 is 5.32 Å². The number of rotatable bonds is 10. The fourth-order valence-corrected chi connectivity index (χ4v) is 1.34. The van der Waals surface area contributed by atoms with E-state index in [4.69, 9.17) is 19.3 Å². The van der Waals surface area contributed by atoms with Crippen LogP contribution in [0.25, 0.3) is 0 Å². The maximum absolute atomic E-state index is 11.4. The Morgan fingerprint density at radius 1 is 1.32 bits per heavy atom. The van der Waals surface area contributed by atoms with E-state index in [1.54, 1.807) is 13.8 Å². The lowest BCUT2D eigenvalue weighted by Gasteiger charge is -2.26. The van der Waals surface area contributed by atoms with Gasteiger partial charge in [-0.05, 0) is 13.8 Å². The van der Waals surface area contributed by atoms with E-state index in [0.717, 1.165) is 0 Å². The van der Waals surface area contributed by atoms with Crippen LogP contribution in [0.3, 0.4) is 0 Å². The number of carbonyl (C=O) groups excluding carboxylic acids is 1. The summed E-state index contributed by atoms with van der Waals surface area (Å²) >= 11 is 0. The van der Waals surface area contributed by atoms with Crippen molar-refractivity contribution in [3.05, 3.63) is 12.7 Å². The average molecular weight is 275 g/mol. The van der Waals surface area contributed by atoms with Crippen molar-refractivity contribution < 1.29 is 28.9 Å². The molecule has 0 spiro atoms. The number of carboxylic acids is 1. The smallest absolute Gasteiger partial charge is 0.407 e. The van der Waals surface area contributed by atoms with Gasteiger partial charge in [0, 0.05) is 13.2 Å². The molecule has 7 heteroatoms. The first-order valence-corrected chi connectivity index (χ1v) is 6.04. The summed E-state index contributed by atoms with van der Waals surface area (Å²) in [5.41, 5.74) is 0. The maximum Gasteiger partial charge on any atom is 0.407 e. The molecule has 0 radical (unpaired) electrons. The van der Waals surface area contributed by atoms with Crippen molar-refractivity contribution in [1.82, 2.24) is 5.32 Å². The van der Waals surface area contributed by atoms with Gasteiger partial charge in [0.15, 0.2) is 6.29 Å². The summed E-state index contributed by atoms with van der Waals surface area (Å²) in [6.07, 6.45) is -0.486. The zero-order valence-electron chi connectivity index (χ0n) is 11.3. The van der Waals surface area contributed by atoms with Crippen LogP contribution in [0.1, 0.15) is 20.3 Å². The summed E-state index contributed by atoms with van der Waals surface area (Å²) in [5.74, 6) is -1.07. The van der Waals surface area contributed by atoms with E-state index < -0.39 is 24.4 Å². The minimum atomic E-state index is -1.07. The Kier molecular flexibility index (Phi) is 9.46. The maximum atomic E-state index is 11.4. The number of alkyl carbamates (subject to hydrolysis) is 1. The Balaban J connectivity index is 4.60. The van der Waals surface area contributed by atoms with Crippen LogP contribution >= 0.6 is 0 Å². The van der Waals surface area contributed by atoms with Gasteiger partial charge in [-0.2, -0.15) is 0 Å². The van der Waals surface area contributed by atoms with E-state index in [1.807, 2.05) is 0 Å². The first-order chi connectivity index (χ1) is 9.04. The number of ether oxygens (including phenoxy) is 3. The predicted octanol–water partition coefficient (Wildman–Crippen LogP) is 1.14. The number of amides is 1. The van der Waals surface area contributed by atoms with E-state index >= 15 is 0 Å². The molecule has 2 N–H and O–H groups in total. The van der Waals surface area contributed by atoms with E-state index in [2.05, 4.69) is 11.9 Å². The van der Waals surface area contributed by atoms with Crippen molar-refractivity contribution in [3.8, 4) is 0 Å². The van der Waals surface area contributed by atoms with Gasteiger partial charge in [0.25, 0.3) is 0 Å². The SMILES string of the molecule is C=CCOC(=O)NC(CC(=O)O)C(OCC)OCC. The second-order valence-electron chi connectivity index (χ2n) is 3.51. The van der Waals surface area contributed by atoms with Gasteiger partial charge < -0.3 is 24.6 Å². The Morgan fingerprint density at radius 3 is 2.32 bits per heavy atom. The molecule has 0 saturated carbocycles. The molecule has 0 bridgehead atoms. The first-order valence-electron chi connectivity index (χ1n) is 6.04. The fraction of sp³-hybridized carbons (Fsp3) is 0.667. The molecular weight excluding hydrogens is 254 g/mol. The number of aliphatic carboxylic acids is 1. The minimum absolute atomic E-state index is 0.0412. The molecule has 7 nitrogen and oxygen atoms in total. The van der Waals surface area contributed by atoms with Crippen molar-refractivity contribution in [3.63, 3.8) is 0 Å².